The Balaban J connectivity index is 2.32. The molecule has 4 nitrogen and oxygen atoms in total. The van der Waals surface area contributed by atoms with Gasteiger partial charge in [0.2, 0.25) is 5.88 Å². The van der Waals surface area contributed by atoms with E-state index in [0.29, 0.717) is 5.88 Å². The van der Waals surface area contributed by atoms with Crippen LogP contribution in [0.2, 0.25) is 0 Å². The van der Waals surface area contributed by atoms with E-state index >= 15 is 0 Å². The Bertz CT molecular complexity index is 459. The molecular formula is C14H19NO3. The molecular weight excluding hydrogens is 230 g/mol. The fourth-order valence-electron chi connectivity index (χ4n) is 1.73. The lowest BCUT2D eigenvalue weighted by atomic mass is 9.91. The monoisotopic (exact) mass is 249 g/mol. The van der Waals surface area contributed by atoms with Gasteiger partial charge in [0.1, 0.15) is 6.10 Å². The van der Waals surface area contributed by atoms with Crippen LogP contribution in [0.1, 0.15) is 56.1 Å². The van der Waals surface area contributed by atoms with Crippen molar-refractivity contribution in [3.05, 3.63) is 23.4 Å². The highest BCUT2D eigenvalue weighted by Gasteiger charge is 2.23. The summed E-state index contributed by atoms with van der Waals surface area (Å²) in [6, 6.07) is 3.13. The minimum absolute atomic E-state index is 0.191. The van der Waals surface area contributed by atoms with Gasteiger partial charge in [0.25, 0.3) is 0 Å². The van der Waals surface area contributed by atoms with Crippen LogP contribution in [0.25, 0.3) is 0 Å². The van der Waals surface area contributed by atoms with Crippen LogP contribution in [0, 0.1) is 0 Å². The molecule has 4 heteroatoms. The van der Waals surface area contributed by atoms with Gasteiger partial charge in [-0.1, -0.05) is 20.8 Å². The van der Waals surface area contributed by atoms with Gasteiger partial charge in [0, 0.05) is 11.5 Å². The fourth-order valence-corrected chi connectivity index (χ4v) is 1.73. The van der Waals surface area contributed by atoms with Crippen molar-refractivity contribution in [1.29, 1.82) is 0 Å². The van der Waals surface area contributed by atoms with Crippen molar-refractivity contribution in [1.82, 2.24) is 4.98 Å². The number of hydrogen-bond donors (Lipinski definition) is 1. The van der Waals surface area contributed by atoms with E-state index in [1.165, 1.54) is 12.5 Å². The summed E-state index contributed by atoms with van der Waals surface area (Å²) >= 11 is 0. The third kappa shape index (κ3) is 2.81. The van der Waals surface area contributed by atoms with Gasteiger partial charge >= 0.3 is 5.97 Å². The average molecular weight is 249 g/mol. The second-order valence-corrected chi connectivity index (χ2v) is 5.81. The topological polar surface area (TPSA) is 59.4 Å². The minimum atomic E-state index is -0.943. The molecule has 1 aliphatic rings. The molecule has 0 saturated heterocycles. The van der Waals surface area contributed by atoms with Gasteiger partial charge in [0.15, 0.2) is 0 Å². The van der Waals surface area contributed by atoms with Crippen molar-refractivity contribution < 1.29 is 14.6 Å². The number of rotatable bonds is 3. The summed E-state index contributed by atoms with van der Waals surface area (Å²) < 4.78 is 5.70. The summed E-state index contributed by atoms with van der Waals surface area (Å²) in [5.41, 5.74) is 0.796. The molecule has 0 bridgehead atoms. The average Bonchev–Trinajstić information content (AvgIpc) is 2.22. The third-order valence-corrected chi connectivity index (χ3v) is 3.16. The predicted octanol–water partition coefficient (Wildman–Crippen LogP) is 3.01. The first-order chi connectivity index (χ1) is 8.36. The van der Waals surface area contributed by atoms with Gasteiger partial charge in [-0.3, -0.25) is 0 Å². The van der Waals surface area contributed by atoms with Crippen LogP contribution in [-0.2, 0) is 5.41 Å². The summed E-state index contributed by atoms with van der Waals surface area (Å²) in [6.07, 6.45) is 3.44. The number of carboxylic acids is 1. The van der Waals surface area contributed by atoms with Crippen LogP contribution in [0.15, 0.2) is 12.1 Å². The molecule has 1 N–H and O–H groups in total. The highest BCUT2D eigenvalue weighted by atomic mass is 16.5. The lowest BCUT2D eigenvalue weighted by Gasteiger charge is -2.27. The smallest absolute Gasteiger partial charge is 0.335 e. The van der Waals surface area contributed by atoms with Crippen molar-refractivity contribution in [3.8, 4) is 5.88 Å². The van der Waals surface area contributed by atoms with Crippen LogP contribution < -0.4 is 4.74 Å². The number of aromatic nitrogens is 1. The van der Waals surface area contributed by atoms with Gasteiger partial charge < -0.3 is 9.84 Å². The maximum Gasteiger partial charge on any atom is 0.335 e. The number of hydrogen-bond acceptors (Lipinski definition) is 3. The van der Waals surface area contributed by atoms with Crippen LogP contribution >= 0.6 is 0 Å². The third-order valence-electron chi connectivity index (χ3n) is 3.16. The van der Waals surface area contributed by atoms with Crippen molar-refractivity contribution in [2.75, 3.05) is 0 Å². The number of ether oxygens (including phenoxy) is 1. The van der Waals surface area contributed by atoms with Crippen molar-refractivity contribution in [3.63, 3.8) is 0 Å². The minimum Gasteiger partial charge on any atom is -0.478 e. The first-order valence-corrected chi connectivity index (χ1v) is 6.29. The highest BCUT2D eigenvalue weighted by Crippen LogP contribution is 2.28. The lowest BCUT2D eigenvalue weighted by molar-refractivity contribution is 0.0693. The second-order valence-electron chi connectivity index (χ2n) is 5.81. The molecule has 1 fully saturated rings. The van der Waals surface area contributed by atoms with Crippen LogP contribution in [0.5, 0.6) is 5.88 Å². The SMILES string of the molecule is CC(C)(C)c1cc(C(=O)O)cc(OC2CCC2)n1. The molecule has 0 atom stereocenters. The van der Waals surface area contributed by atoms with Crippen molar-refractivity contribution in [2.24, 2.45) is 0 Å². The van der Waals surface area contributed by atoms with Crippen molar-refractivity contribution >= 4 is 5.97 Å². The van der Waals surface area contributed by atoms with E-state index in [4.69, 9.17) is 9.84 Å². The molecule has 1 heterocycles. The molecule has 1 aliphatic carbocycles. The molecule has 0 unspecified atom stereocenters. The van der Waals surface area contributed by atoms with E-state index in [2.05, 4.69) is 4.98 Å². The zero-order valence-corrected chi connectivity index (χ0v) is 11.1. The van der Waals surface area contributed by atoms with E-state index < -0.39 is 5.97 Å². The van der Waals surface area contributed by atoms with E-state index in [1.807, 2.05) is 20.8 Å². The predicted molar refractivity (Wildman–Crippen MR) is 68.2 cm³/mol. The first kappa shape index (κ1) is 12.9. The molecule has 1 saturated carbocycles. The lowest BCUT2D eigenvalue weighted by Crippen LogP contribution is -2.26. The van der Waals surface area contributed by atoms with Crippen molar-refractivity contribution in [2.45, 2.75) is 51.6 Å². The number of pyridine rings is 1. The molecule has 1 aromatic rings. The Hall–Kier alpha value is -1.58. The first-order valence-electron chi connectivity index (χ1n) is 6.29. The van der Waals surface area contributed by atoms with E-state index in [-0.39, 0.29) is 17.1 Å². The largest absolute Gasteiger partial charge is 0.478 e. The van der Waals surface area contributed by atoms with Crippen LogP contribution in [-0.4, -0.2) is 22.2 Å². The van der Waals surface area contributed by atoms with Crippen LogP contribution in [0.3, 0.4) is 0 Å². The summed E-state index contributed by atoms with van der Waals surface area (Å²) in [5.74, 6) is -0.508. The summed E-state index contributed by atoms with van der Waals surface area (Å²) in [4.78, 5) is 15.5. The molecule has 0 aliphatic heterocycles. The Kier molecular flexibility index (Phi) is 3.28. The number of aromatic carboxylic acids is 1. The summed E-state index contributed by atoms with van der Waals surface area (Å²) in [5, 5.41) is 9.12. The molecule has 1 aromatic heterocycles. The van der Waals surface area contributed by atoms with Gasteiger partial charge in [-0.25, -0.2) is 9.78 Å². The fraction of sp³-hybridized carbons (Fsp3) is 0.571. The van der Waals surface area contributed by atoms with Gasteiger partial charge in [-0.05, 0) is 25.3 Å². The zero-order chi connectivity index (χ0) is 13.3. The molecule has 0 radical (unpaired) electrons. The summed E-state index contributed by atoms with van der Waals surface area (Å²) in [6.45, 7) is 6.02. The Morgan fingerprint density at radius 1 is 1.39 bits per heavy atom. The van der Waals surface area contributed by atoms with E-state index in [1.54, 1.807) is 6.07 Å². The zero-order valence-electron chi connectivity index (χ0n) is 11.1. The van der Waals surface area contributed by atoms with Gasteiger partial charge in [-0.15, -0.1) is 0 Å². The molecule has 0 spiro atoms. The molecule has 98 valence electrons. The molecule has 2 rings (SSSR count). The highest BCUT2D eigenvalue weighted by molar-refractivity contribution is 5.88. The standard InChI is InChI=1S/C14H19NO3/c1-14(2,3)11-7-9(13(16)17)8-12(15-11)18-10-5-4-6-10/h7-8,10H,4-6H2,1-3H3,(H,16,17). The van der Waals surface area contributed by atoms with Gasteiger partial charge in [-0.2, -0.15) is 0 Å². The Labute approximate surface area is 107 Å². The maximum absolute atomic E-state index is 11.1. The molecule has 18 heavy (non-hydrogen) atoms. The van der Waals surface area contributed by atoms with E-state index in [9.17, 15) is 4.79 Å². The number of carboxylic acid groups (broad SMARTS) is 1. The maximum atomic E-state index is 11.1. The summed E-state index contributed by atoms with van der Waals surface area (Å²) in [7, 11) is 0. The Morgan fingerprint density at radius 3 is 2.50 bits per heavy atom. The molecule has 0 aromatic carbocycles. The van der Waals surface area contributed by atoms with Crippen LogP contribution in [0.4, 0.5) is 0 Å². The quantitative estimate of drug-likeness (QED) is 0.894. The van der Waals surface area contributed by atoms with Gasteiger partial charge in [0.05, 0.1) is 11.3 Å². The number of carbonyl (C=O) groups is 1. The second kappa shape index (κ2) is 4.59. The molecule has 0 amide bonds. The normalized spacial score (nSPS) is 16.2. The van der Waals surface area contributed by atoms with E-state index in [0.717, 1.165) is 18.5 Å². The Morgan fingerprint density at radius 2 is 2.06 bits per heavy atom. The number of nitrogens with zero attached hydrogens (tertiary/aromatic N) is 1.